The molecule has 0 aromatic carbocycles. The predicted molar refractivity (Wildman–Crippen MR) is 56.3 cm³/mol. The number of carbonyl (C=O) groups is 1. The van der Waals surface area contributed by atoms with Crippen LogP contribution in [0.15, 0.2) is 12.3 Å². The van der Waals surface area contributed by atoms with Crippen LogP contribution in [0.5, 0.6) is 5.75 Å². The average molecular weight is 260 g/mol. The summed E-state index contributed by atoms with van der Waals surface area (Å²) in [5.74, 6) is -0.697. The Kier molecular flexibility index (Phi) is 3.14. The summed E-state index contributed by atoms with van der Waals surface area (Å²) in [6.07, 6.45) is -1.60. The van der Waals surface area contributed by atoms with Crippen LogP contribution in [0, 0.1) is 0 Å². The molecule has 1 fully saturated rings. The number of hydrogen-bond donors (Lipinski definition) is 1. The van der Waals surface area contributed by atoms with Gasteiger partial charge in [0.25, 0.3) is 5.91 Å². The minimum absolute atomic E-state index is 0.00262. The molecule has 0 spiro atoms. The molecule has 4 nitrogen and oxygen atoms in total. The quantitative estimate of drug-likeness (QED) is 0.900. The standard InChI is InChI=1S/C11H11F3N2O2/c12-11(13,14)5-18-7-3-4-16-9(10(15)17)8(7)6-1-2-6/h3-4,6H,1-2,5H2,(H2,15,17). The van der Waals surface area contributed by atoms with Crippen molar-refractivity contribution in [1.29, 1.82) is 0 Å². The molecule has 1 saturated carbocycles. The van der Waals surface area contributed by atoms with E-state index in [1.807, 2.05) is 0 Å². The highest BCUT2D eigenvalue weighted by molar-refractivity contribution is 5.93. The van der Waals surface area contributed by atoms with Crippen LogP contribution in [-0.4, -0.2) is 23.7 Å². The number of alkyl halides is 3. The summed E-state index contributed by atoms with van der Waals surface area (Å²) in [6, 6.07) is 1.33. The molecule has 0 aliphatic heterocycles. The summed E-state index contributed by atoms with van der Waals surface area (Å²) in [5.41, 5.74) is 5.55. The van der Waals surface area contributed by atoms with Crippen molar-refractivity contribution < 1.29 is 22.7 Å². The molecule has 1 heterocycles. The fraction of sp³-hybridized carbons (Fsp3) is 0.455. The lowest BCUT2D eigenvalue weighted by Gasteiger charge is -2.14. The lowest BCUT2D eigenvalue weighted by atomic mass is 10.1. The Bertz CT molecular complexity index is 470. The Balaban J connectivity index is 2.29. The molecule has 0 unspecified atom stereocenters. The van der Waals surface area contributed by atoms with Gasteiger partial charge >= 0.3 is 6.18 Å². The van der Waals surface area contributed by atoms with Crippen molar-refractivity contribution in [2.75, 3.05) is 6.61 Å². The lowest BCUT2D eigenvalue weighted by molar-refractivity contribution is -0.153. The third-order valence-electron chi connectivity index (χ3n) is 2.56. The molecule has 1 aromatic rings. The number of nitrogens with zero attached hydrogens (tertiary/aromatic N) is 1. The molecular weight excluding hydrogens is 249 g/mol. The molecule has 7 heteroatoms. The van der Waals surface area contributed by atoms with Crippen LogP contribution in [0.25, 0.3) is 0 Å². The minimum atomic E-state index is -4.42. The summed E-state index contributed by atoms with van der Waals surface area (Å²) in [4.78, 5) is 15.0. The van der Waals surface area contributed by atoms with Crippen molar-refractivity contribution in [3.05, 3.63) is 23.5 Å². The van der Waals surface area contributed by atoms with Crippen LogP contribution in [0.2, 0.25) is 0 Å². The van der Waals surface area contributed by atoms with Gasteiger partial charge in [0, 0.05) is 11.8 Å². The van der Waals surface area contributed by atoms with Crippen LogP contribution in [-0.2, 0) is 0 Å². The molecule has 1 aliphatic rings. The third kappa shape index (κ3) is 2.91. The molecule has 18 heavy (non-hydrogen) atoms. The molecule has 0 radical (unpaired) electrons. The lowest BCUT2D eigenvalue weighted by Crippen LogP contribution is -2.21. The number of aromatic nitrogens is 1. The molecule has 2 rings (SSSR count). The van der Waals surface area contributed by atoms with Gasteiger partial charge in [-0.15, -0.1) is 0 Å². The molecule has 0 bridgehead atoms. The Hall–Kier alpha value is -1.79. The zero-order chi connectivity index (χ0) is 13.3. The Morgan fingerprint density at radius 1 is 1.50 bits per heavy atom. The first-order valence-corrected chi connectivity index (χ1v) is 5.37. The van der Waals surface area contributed by atoms with Crippen LogP contribution >= 0.6 is 0 Å². The van der Waals surface area contributed by atoms with Gasteiger partial charge in [-0.3, -0.25) is 9.78 Å². The number of rotatable bonds is 4. The average Bonchev–Trinajstić information content (AvgIpc) is 3.08. The molecule has 1 amide bonds. The maximum Gasteiger partial charge on any atom is 0.422 e. The number of carbonyl (C=O) groups excluding carboxylic acids is 1. The van der Waals surface area contributed by atoms with Crippen LogP contribution in [0.1, 0.15) is 34.8 Å². The van der Waals surface area contributed by atoms with Gasteiger partial charge in [0.15, 0.2) is 6.61 Å². The fourth-order valence-corrected chi connectivity index (χ4v) is 1.70. The highest BCUT2D eigenvalue weighted by Gasteiger charge is 2.34. The second kappa shape index (κ2) is 4.47. The minimum Gasteiger partial charge on any atom is -0.484 e. The Morgan fingerprint density at radius 3 is 2.67 bits per heavy atom. The van der Waals surface area contributed by atoms with Crippen molar-refractivity contribution >= 4 is 5.91 Å². The van der Waals surface area contributed by atoms with Gasteiger partial charge < -0.3 is 10.5 Å². The number of nitrogens with two attached hydrogens (primary N) is 1. The van der Waals surface area contributed by atoms with Crippen molar-refractivity contribution in [2.45, 2.75) is 24.9 Å². The topological polar surface area (TPSA) is 65.2 Å². The van der Waals surface area contributed by atoms with E-state index in [9.17, 15) is 18.0 Å². The van der Waals surface area contributed by atoms with E-state index in [4.69, 9.17) is 10.5 Å². The molecule has 0 atom stereocenters. The monoisotopic (exact) mass is 260 g/mol. The van der Waals surface area contributed by atoms with E-state index < -0.39 is 18.7 Å². The molecule has 0 saturated heterocycles. The maximum atomic E-state index is 12.1. The highest BCUT2D eigenvalue weighted by Crippen LogP contribution is 2.45. The second-order valence-electron chi connectivity index (χ2n) is 4.11. The normalized spacial score (nSPS) is 15.5. The van der Waals surface area contributed by atoms with Crippen molar-refractivity contribution in [3.8, 4) is 5.75 Å². The number of halogens is 3. The van der Waals surface area contributed by atoms with E-state index >= 15 is 0 Å². The SMILES string of the molecule is NC(=O)c1nccc(OCC(F)(F)F)c1C1CC1. The first-order chi connectivity index (χ1) is 8.38. The van der Waals surface area contributed by atoms with Crippen LogP contribution in [0.3, 0.4) is 0 Å². The van der Waals surface area contributed by atoms with Crippen molar-refractivity contribution in [2.24, 2.45) is 5.73 Å². The van der Waals surface area contributed by atoms with Gasteiger partial charge in [-0.05, 0) is 24.8 Å². The second-order valence-corrected chi connectivity index (χ2v) is 4.11. The predicted octanol–water partition coefficient (Wildman–Crippen LogP) is 2.00. The number of ether oxygens (including phenoxy) is 1. The number of pyridine rings is 1. The summed E-state index contributed by atoms with van der Waals surface area (Å²) < 4.78 is 41.1. The fourth-order valence-electron chi connectivity index (χ4n) is 1.70. The zero-order valence-corrected chi connectivity index (χ0v) is 9.33. The number of amides is 1. The van der Waals surface area contributed by atoms with E-state index in [1.54, 1.807) is 0 Å². The van der Waals surface area contributed by atoms with Gasteiger partial charge in [0.1, 0.15) is 11.4 Å². The molecule has 1 aliphatic carbocycles. The summed E-state index contributed by atoms with van der Waals surface area (Å²) in [5, 5.41) is 0. The third-order valence-corrected chi connectivity index (χ3v) is 2.56. The van der Waals surface area contributed by atoms with Gasteiger partial charge in [-0.25, -0.2) is 0 Å². The van der Waals surface area contributed by atoms with E-state index in [1.165, 1.54) is 12.3 Å². The zero-order valence-electron chi connectivity index (χ0n) is 9.33. The summed E-state index contributed by atoms with van der Waals surface area (Å²) in [6.45, 7) is -1.39. The van der Waals surface area contributed by atoms with E-state index in [0.29, 0.717) is 5.56 Å². The van der Waals surface area contributed by atoms with Crippen LogP contribution < -0.4 is 10.5 Å². The van der Waals surface area contributed by atoms with E-state index in [0.717, 1.165) is 12.8 Å². The van der Waals surface area contributed by atoms with Gasteiger partial charge in [-0.2, -0.15) is 13.2 Å². The Morgan fingerprint density at radius 2 is 2.17 bits per heavy atom. The van der Waals surface area contributed by atoms with Crippen molar-refractivity contribution in [3.63, 3.8) is 0 Å². The van der Waals surface area contributed by atoms with Gasteiger partial charge in [0.05, 0.1) is 0 Å². The number of primary amides is 1. The smallest absolute Gasteiger partial charge is 0.422 e. The highest BCUT2D eigenvalue weighted by atomic mass is 19.4. The first kappa shape index (κ1) is 12.7. The molecule has 2 N–H and O–H groups in total. The van der Waals surface area contributed by atoms with E-state index in [2.05, 4.69) is 4.98 Å². The number of hydrogen-bond acceptors (Lipinski definition) is 3. The molecule has 1 aromatic heterocycles. The van der Waals surface area contributed by atoms with Crippen LogP contribution in [0.4, 0.5) is 13.2 Å². The molecular formula is C11H11F3N2O2. The Labute approximate surface area is 101 Å². The van der Waals surface area contributed by atoms with Crippen molar-refractivity contribution in [1.82, 2.24) is 4.98 Å². The first-order valence-electron chi connectivity index (χ1n) is 5.37. The summed E-state index contributed by atoms with van der Waals surface area (Å²) in [7, 11) is 0. The van der Waals surface area contributed by atoms with Gasteiger partial charge in [-0.1, -0.05) is 0 Å². The largest absolute Gasteiger partial charge is 0.484 e. The summed E-state index contributed by atoms with van der Waals surface area (Å²) >= 11 is 0. The maximum absolute atomic E-state index is 12.1. The van der Waals surface area contributed by atoms with E-state index in [-0.39, 0.29) is 17.4 Å². The molecule has 98 valence electrons. The van der Waals surface area contributed by atoms with Gasteiger partial charge in [0.2, 0.25) is 0 Å².